The van der Waals surface area contributed by atoms with Crippen LogP contribution in [0, 0.1) is 12.7 Å². The summed E-state index contributed by atoms with van der Waals surface area (Å²) in [5.41, 5.74) is 2.97. The van der Waals surface area contributed by atoms with Crippen molar-refractivity contribution >= 4 is 28.8 Å². The van der Waals surface area contributed by atoms with Gasteiger partial charge < -0.3 is 5.32 Å². The van der Waals surface area contributed by atoms with E-state index in [0.717, 1.165) is 16.0 Å². The molecule has 2 amide bonds. The Morgan fingerprint density at radius 2 is 1.71 bits per heavy atom. The fraction of sp³-hybridized carbons (Fsp3) is 0.143. The predicted molar refractivity (Wildman–Crippen MR) is 134 cm³/mol. The van der Waals surface area contributed by atoms with Crippen LogP contribution in [0.25, 0.3) is 0 Å². The minimum atomic E-state index is -0.960. The summed E-state index contributed by atoms with van der Waals surface area (Å²) < 4.78 is 14.2. The molecule has 4 aromatic rings. The van der Waals surface area contributed by atoms with Crippen molar-refractivity contribution in [1.82, 2.24) is 5.32 Å². The molecule has 0 aliphatic carbocycles. The summed E-state index contributed by atoms with van der Waals surface area (Å²) >= 11 is 1.47. The van der Waals surface area contributed by atoms with Gasteiger partial charge in [0, 0.05) is 17.1 Å². The summed E-state index contributed by atoms with van der Waals surface area (Å²) in [4.78, 5) is 29.5. The Morgan fingerprint density at radius 3 is 2.38 bits per heavy atom. The molecule has 4 rings (SSSR count). The largest absolute Gasteiger partial charge is 0.350 e. The fourth-order valence-corrected chi connectivity index (χ4v) is 4.45. The van der Waals surface area contributed by atoms with Gasteiger partial charge in [-0.3, -0.25) is 14.5 Å². The first-order valence-electron chi connectivity index (χ1n) is 11.0. The fourth-order valence-electron chi connectivity index (χ4n) is 3.76. The second-order valence-electron chi connectivity index (χ2n) is 8.02. The lowest BCUT2D eigenvalue weighted by molar-refractivity contribution is -0.126. The zero-order valence-electron chi connectivity index (χ0n) is 18.8. The highest BCUT2D eigenvalue weighted by Gasteiger charge is 2.33. The number of thiophene rings is 1. The molecule has 0 radical (unpaired) electrons. The van der Waals surface area contributed by atoms with E-state index in [1.54, 1.807) is 12.1 Å². The van der Waals surface area contributed by atoms with Gasteiger partial charge in [-0.25, -0.2) is 4.39 Å². The molecule has 0 bridgehead atoms. The molecule has 1 N–H and O–H groups in total. The standard InChI is InChI=1S/C28H25FN2O2S/c1-20-12-14-22(15-13-20)27(28(33)30-19-21-7-3-2-4-8-21)31(24-10-5-9-23(29)17-24)26(32)18-25-11-6-16-34-25/h2-17,27H,18-19H2,1H3,(H,30,33)/t27-/m1/s1. The number of rotatable bonds is 8. The number of amides is 2. The number of aryl methyl sites for hydroxylation is 1. The summed E-state index contributed by atoms with van der Waals surface area (Å²) in [5.74, 6) is -1.09. The number of hydrogen-bond acceptors (Lipinski definition) is 3. The van der Waals surface area contributed by atoms with Crippen LogP contribution >= 0.6 is 11.3 Å². The SMILES string of the molecule is Cc1ccc([C@H](C(=O)NCc2ccccc2)N(C(=O)Cc2cccs2)c2cccc(F)c2)cc1. The minimum absolute atomic E-state index is 0.114. The van der Waals surface area contributed by atoms with Crippen molar-refractivity contribution in [3.63, 3.8) is 0 Å². The van der Waals surface area contributed by atoms with Crippen LogP contribution in [0.5, 0.6) is 0 Å². The molecule has 34 heavy (non-hydrogen) atoms. The Balaban J connectivity index is 1.73. The lowest BCUT2D eigenvalue weighted by Crippen LogP contribution is -2.44. The molecule has 0 saturated heterocycles. The van der Waals surface area contributed by atoms with E-state index in [0.29, 0.717) is 17.8 Å². The smallest absolute Gasteiger partial charge is 0.248 e. The van der Waals surface area contributed by atoms with Gasteiger partial charge in [0.25, 0.3) is 0 Å². The van der Waals surface area contributed by atoms with Gasteiger partial charge in [0.15, 0.2) is 0 Å². The summed E-state index contributed by atoms with van der Waals surface area (Å²) in [6, 6.07) is 25.7. The number of carbonyl (C=O) groups is 2. The molecule has 0 aliphatic rings. The molecule has 0 saturated carbocycles. The molecular weight excluding hydrogens is 447 g/mol. The first kappa shape index (κ1) is 23.4. The third-order valence-corrected chi connectivity index (χ3v) is 6.35. The van der Waals surface area contributed by atoms with Crippen molar-refractivity contribution in [3.05, 3.63) is 124 Å². The van der Waals surface area contributed by atoms with E-state index in [4.69, 9.17) is 0 Å². The van der Waals surface area contributed by atoms with Gasteiger partial charge in [0.2, 0.25) is 11.8 Å². The van der Waals surface area contributed by atoms with Crippen LogP contribution in [-0.2, 0) is 22.6 Å². The average Bonchev–Trinajstić information content (AvgIpc) is 3.35. The first-order valence-corrected chi connectivity index (χ1v) is 11.9. The van der Waals surface area contributed by atoms with Gasteiger partial charge in [-0.2, -0.15) is 0 Å². The van der Waals surface area contributed by atoms with Gasteiger partial charge in [-0.05, 0) is 47.7 Å². The predicted octanol–water partition coefficient (Wildman–Crippen LogP) is 5.83. The van der Waals surface area contributed by atoms with Crippen LogP contribution in [0.15, 0.2) is 96.4 Å². The summed E-state index contributed by atoms with van der Waals surface area (Å²) in [6.07, 6.45) is 0.114. The van der Waals surface area contributed by atoms with Crippen LogP contribution < -0.4 is 10.2 Å². The minimum Gasteiger partial charge on any atom is -0.350 e. The highest BCUT2D eigenvalue weighted by Crippen LogP contribution is 2.30. The average molecular weight is 473 g/mol. The maximum absolute atomic E-state index is 14.2. The molecule has 1 aromatic heterocycles. The quantitative estimate of drug-likeness (QED) is 0.351. The highest BCUT2D eigenvalue weighted by molar-refractivity contribution is 7.10. The molecular formula is C28H25FN2O2S. The van der Waals surface area contributed by atoms with E-state index in [2.05, 4.69) is 5.32 Å². The van der Waals surface area contributed by atoms with Crippen LogP contribution in [0.4, 0.5) is 10.1 Å². The number of hydrogen-bond donors (Lipinski definition) is 1. The van der Waals surface area contributed by atoms with Gasteiger partial charge >= 0.3 is 0 Å². The van der Waals surface area contributed by atoms with Crippen LogP contribution in [0.1, 0.15) is 27.6 Å². The normalized spacial score (nSPS) is 11.6. The molecule has 172 valence electrons. The van der Waals surface area contributed by atoms with Gasteiger partial charge in [0.1, 0.15) is 11.9 Å². The van der Waals surface area contributed by atoms with Crippen LogP contribution in [0.3, 0.4) is 0 Å². The third-order valence-electron chi connectivity index (χ3n) is 5.47. The van der Waals surface area contributed by atoms with E-state index < -0.39 is 11.9 Å². The van der Waals surface area contributed by atoms with E-state index in [1.165, 1.54) is 28.4 Å². The van der Waals surface area contributed by atoms with Crippen LogP contribution in [-0.4, -0.2) is 11.8 Å². The molecule has 0 aliphatic heterocycles. The van der Waals surface area contributed by atoms with Gasteiger partial charge in [0.05, 0.1) is 6.42 Å². The number of halogens is 1. The molecule has 4 nitrogen and oxygen atoms in total. The highest BCUT2D eigenvalue weighted by atomic mass is 32.1. The van der Waals surface area contributed by atoms with E-state index >= 15 is 0 Å². The number of benzene rings is 3. The number of nitrogens with zero attached hydrogens (tertiary/aromatic N) is 1. The lowest BCUT2D eigenvalue weighted by atomic mass is 10.0. The summed E-state index contributed by atoms with van der Waals surface area (Å²) in [7, 11) is 0. The van der Waals surface area contributed by atoms with Crippen molar-refractivity contribution in [2.24, 2.45) is 0 Å². The van der Waals surface area contributed by atoms with Crippen molar-refractivity contribution < 1.29 is 14.0 Å². The Hall–Kier alpha value is -3.77. The number of nitrogens with one attached hydrogen (secondary N) is 1. The molecule has 0 spiro atoms. The van der Waals surface area contributed by atoms with E-state index in [9.17, 15) is 14.0 Å². The number of carbonyl (C=O) groups excluding carboxylic acids is 2. The lowest BCUT2D eigenvalue weighted by Gasteiger charge is -2.31. The molecule has 1 heterocycles. The van der Waals surface area contributed by atoms with E-state index in [-0.39, 0.29) is 18.2 Å². The molecule has 0 unspecified atom stereocenters. The van der Waals surface area contributed by atoms with Gasteiger partial charge in [-0.15, -0.1) is 11.3 Å². The first-order chi connectivity index (χ1) is 16.5. The second kappa shape index (κ2) is 10.9. The Morgan fingerprint density at radius 1 is 0.941 bits per heavy atom. The molecule has 1 atom stereocenters. The zero-order chi connectivity index (χ0) is 23.9. The maximum Gasteiger partial charge on any atom is 0.248 e. The molecule has 0 fully saturated rings. The van der Waals surface area contributed by atoms with Crippen molar-refractivity contribution in [1.29, 1.82) is 0 Å². The summed E-state index contributed by atoms with van der Waals surface area (Å²) in [5, 5.41) is 4.87. The maximum atomic E-state index is 14.2. The Kier molecular flexibility index (Phi) is 7.50. The number of anilines is 1. The van der Waals surface area contributed by atoms with Crippen molar-refractivity contribution in [3.8, 4) is 0 Å². The van der Waals surface area contributed by atoms with E-state index in [1.807, 2.05) is 79.0 Å². The third kappa shape index (κ3) is 5.77. The van der Waals surface area contributed by atoms with Crippen LogP contribution in [0.2, 0.25) is 0 Å². The molecule has 6 heteroatoms. The van der Waals surface area contributed by atoms with Crippen molar-refractivity contribution in [2.75, 3.05) is 4.90 Å². The molecule has 3 aromatic carbocycles. The summed E-state index contributed by atoms with van der Waals surface area (Å²) in [6.45, 7) is 2.28. The van der Waals surface area contributed by atoms with Crippen molar-refractivity contribution in [2.45, 2.75) is 25.9 Å². The Bertz CT molecular complexity index is 1240. The Labute approximate surface area is 202 Å². The zero-order valence-corrected chi connectivity index (χ0v) is 19.6. The second-order valence-corrected chi connectivity index (χ2v) is 9.05. The van der Waals surface area contributed by atoms with Gasteiger partial charge in [-0.1, -0.05) is 72.3 Å². The topological polar surface area (TPSA) is 49.4 Å². The monoisotopic (exact) mass is 472 g/mol.